The number of rotatable bonds is 4. The van der Waals surface area contributed by atoms with Gasteiger partial charge in [-0.1, -0.05) is 12.1 Å². The van der Waals surface area contributed by atoms with Crippen LogP contribution in [0.1, 0.15) is 23.2 Å². The molecule has 1 aromatic rings. The van der Waals surface area contributed by atoms with E-state index in [-0.39, 0.29) is 6.61 Å². The number of hydrogen-bond acceptors (Lipinski definition) is 4. The first-order chi connectivity index (χ1) is 8.70. The topological polar surface area (TPSA) is 65.4 Å². The van der Waals surface area contributed by atoms with E-state index >= 15 is 0 Å². The summed E-state index contributed by atoms with van der Waals surface area (Å²) in [5.74, 6) is 0. The maximum atomic E-state index is 9.42. The Morgan fingerprint density at radius 1 is 1.50 bits per heavy atom. The van der Waals surface area contributed by atoms with Crippen LogP contribution >= 0.6 is 0 Å². The first-order valence-electron chi connectivity index (χ1n) is 6.35. The Morgan fingerprint density at radius 2 is 2.33 bits per heavy atom. The molecule has 0 saturated carbocycles. The third kappa shape index (κ3) is 3.16. The lowest BCUT2D eigenvalue weighted by Crippen LogP contribution is -2.20. The van der Waals surface area contributed by atoms with Gasteiger partial charge < -0.3 is 15.5 Å². The maximum absolute atomic E-state index is 9.42. The largest absolute Gasteiger partial charge is 0.394 e. The van der Waals surface area contributed by atoms with Crippen molar-refractivity contribution in [1.82, 2.24) is 10.3 Å². The summed E-state index contributed by atoms with van der Waals surface area (Å²) in [4.78, 5) is 4.50. The predicted molar refractivity (Wildman–Crippen MR) is 71.2 cm³/mol. The van der Waals surface area contributed by atoms with E-state index in [1.54, 1.807) is 6.20 Å². The van der Waals surface area contributed by atoms with Gasteiger partial charge in [-0.15, -0.1) is 0 Å². The molecule has 0 amide bonds. The molecule has 1 aliphatic rings. The lowest BCUT2D eigenvalue weighted by Gasteiger charge is -2.16. The third-order valence-corrected chi connectivity index (χ3v) is 3.19. The molecule has 0 radical (unpaired) electrons. The van der Waals surface area contributed by atoms with E-state index in [2.05, 4.69) is 16.4 Å². The zero-order valence-electron chi connectivity index (χ0n) is 10.7. The standard InChI is InChI=1S/C14H20N2O2/c1-10-6-11(7-13(18)9-17)8-16-14(10)12-2-4-15-5-3-12/h2,6,8,13,15,17-18H,3-5,7,9H2,1H3/t13-/m1/s1. The summed E-state index contributed by atoms with van der Waals surface area (Å²) >= 11 is 0. The zero-order chi connectivity index (χ0) is 13.0. The quantitative estimate of drug-likeness (QED) is 0.732. The molecule has 4 nitrogen and oxygen atoms in total. The van der Waals surface area contributed by atoms with E-state index in [0.717, 1.165) is 36.3 Å². The predicted octanol–water partition coefficient (Wildman–Crippen LogP) is 0.662. The SMILES string of the molecule is Cc1cc(C[C@@H](O)CO)cnc1C1=CCNCC1. The van der Waals surface area contributed by atoms with Gasteiger partial charge in [0.05, 0.1) is 18.4 Å². The van der Waals surface area contributed by atoms with Gasteiger partial charge in [0.1, 0.15) is 0 Å². The van der Waals surface area contributed by atoms with E-state index in [0.29, 0.717) is 6.42 Å². The van der Waals surface area contributed by atoms with Crippen LogP contribution in [0.3, 0.4) is 0 Å². The van der Waals surface area contributed by atoms with Crippen LogP contribution in [0.15, 0.2) is 18.3 Å². The first-order valence-corrected chi connectivity index (χ1v) is 6.35. The lowest BCUT2D eigenvalue weighted by atomic mass is 9.99. The molecule has 1 aliphatic heterocycles. The second kappa shape index (κ2) is 6.09. The van der Waals surface area contributed by atoms with E-state index < -0.39 is 6.10 Å². The van der Waals surface area contributed by atoms with Crippen molar-refractivity contribution in [2.45, 2.75) is 25.9 Å². The van der Waals surface area contributed by atoms with Gasteiger partial charge in [0, 0.05) is 19.2 Å². The summed E-state index contributed by atoms with van der Waals surface area (Å²) in [5, 5.41) is 21.5. The van der Waals surface area contributed by atoms with Crippen molar-refractivity contribution >= 4 is 5.57 Å². The average Bonchev–Trinajstić information content (AvgIpc) is 2.40. The molecule has 0 aromatic carbocycles. The summed E-state index contributed by atoms with van der Waals surface area (Å²) in [5.41, 5.74) is 4.44. The molecule has 2 rings (SSSR count). The van der Waals surface area contributed by atoms with Crippen LogP contribution in [0.5, 0.6) is 0 Å². The van der Waals surface area contributed by atoms with Crippen LogP contribution in [0.25, 0.3) is 5.57 Å². The smallest absolute Gasteiger partial charge is 0.0811 e. The van der Waals surface area contributed by atoms with Gasteiger partial charge in [-0.25, -0.2) is 0 Å². The molecule has 1 aromatic heterocycles. The summed E-state index contributed by atoms with van der Waals surface area (Å²) < 4.78 is 0. The van der Waals surface area contributed by atoms with Crippen molar-refractivity contribution in [3.05, 3.63) is 35.2 Å². The van der Waals surface area contributed by atoms with Crippen molar-refractivity contribution in [2.75, 3.05) is 19.7 Å². The summed E-state index contributed by atoms with van der Waals surface area (Å²) in [6, 6.07) is 2.05. The second-order valence-electron chi connectivity index (χ2n) is 4.73. The van der Waals surface area contributed by atoms with E-state index in [1.807, 2.05) is 13.0 Å². The molecular weight excluding hydrogens is 228 g/mol. The van der Waals surface area contributed by atoms with Crippen LogP contribution in [-0.2, 0) is 6.42 Å². The highest BCUT2D eigenvalue weighted by Crippen LogP contribution is 2.21. The van der Waals surface area contributed by atoms with Crippen molar-refractivity contribution in [3.8, 4) is 0 Å². The Bertz CT molecular complexity index is 443. The average molecular weight is 248 g/mol. The maximum Gasteiger partial charge on any atom is 0.0811 e. The molecule has 0 saturated heterocycles. The van der Waals surface area contributed by atoms with Crippen LogP contribution < -0.4 is 5.32 Å². The number of pyridine rings is 1. The fourth-order valence-electron chi connectivity index (χ4n) is 2.26. The number of nitrogens with zero attached hydrogens (tertiary/aromatic N) is 1. The Kier molecular flexibility index (Phi) is 4.47. The zero-order valence-corrected chi connectivity index (χ0v) is 10.7. The molecule has 0 fully saturated rings. The van der Waals surface area contributed by atoms with Gasteiger partial charge in [-0.05, 0) is 36.6 Å². The monoisotopic (exact) mass is 248 g/mol. The molecule has 3 N–H and O–H groups in total. The molecule has 0 aliphatic carbocycles. The van der Waals surface area contributed by atoms with Crippen molar-refractivity contribution in [2.24, 2.45) is 0 Å². The minimum Gasteiger partial charge on any atom is -0.394 e. The van der Waals surface area contributed by atoms with E-state index in [4.69, 9.17) is 5.11 Å². The van der Waals surface area contributed by atoms with Crippen molar-refractivity contribution < 1.29 is 10.2 Å². The molecule has 4 heteroatoms. The Hall–Kier alpha value is -1.23. The summed E-state index contributed by atoms with van der Waals surface area (Å²) in [6.45, 7) is 3.73. The summed E-state index contributed by atoms with van der Waals surface area (Å²) in [6.07, 6.45) is 4.73. The van der Waals surface area contributed by atoms with E-state index in [9.17, 15) is 5.11 Å². The molecule has 1 atom stereocenters. The number of aromatic nitrogens is 1. The Morgan fingerprint density at radius 3 is 2.94 bits per heavy atom. The molecule has 0 bridgehead atoms. The highest BCUT2D eigenvalue weighted by molar-refractivity contribution is 5.66. The molecule has 0 unspecified atom stereocenters. The fourth-order valence-corrected chi connectivity index (χ4v) is 2.26. The Labute approximate surface area is 107 Å². The van der Waals surface area contributed by atoms with Gasteiger partial charge in [-0.3, -0.25) is 4.98 Å². The third-order valence-electron chi connectivity index (χ3n) is 3.19. The highest BCUT2D eigenvalue weighted by atomic mass is 16.3. The fraction of sp³-hybridized carbons (Fsp3) is 0.500. The molecule has 18 heavy (non-hydrogen) atoms. The summed E-state index contributed by atoms with van der Waals surface area (Å²) in [7, 11) is 0. The molecule has 2 heterocycles. The first kappa shape index (κ1) is 13.2. The Balaban J connectivity index is 2.17. The number of aliphatic hydroxyl groups is 2. The van der Waals surface area contributed by atoms with Gasteiger partial charge in [0.2, 0.25) is 0 Å². The minimum atomic E-state index is -0.699. The van der Waals surface area contributed by atoms with Crippen LogP contribution in [-0.4, -0.2) is 41.0 Å². The van der Waals surface area contributed by atoms with Crippen LogP contribution in [0, 0.1) is 6.92 Å². The van der Waals surface area contributed by atoms with Crippen LogP contribution in [0.4, 0.5) is 0 Å². The van der Waals surface area contributed by atoms with Gasteiger partial charge in [0.25, 0.3) is 0 Å². The van der Waals surface area contributed by atoms with Gasteiger partial charge in [0.15, 0.2) is 0 Å². The lowest BCUT2D eigenvalue weighted by molar-refractivity contribution is 0.0954. The number of aryl methyl sites for hydroxylation is 1. The second-order valence-corrected chi connectivity index (χ2v) is 4.73. The highest BCUT2D eigenvalue weighted by Gasteiger charge is 2.11. The molecule has 0 spiro atoms. The van der Waals surface area contributed by atoms with Crippen molar-refractivity contribution in [3.63, 3.8) is 0 Å². The van der Waals surface area contributed by atoms with Crippen molar-refractivity contribution in [1.29, 1.82) is 0 Å². The van der Waals surface area contributed by atoms with Crippen LogP contribution in [0.2, 0.25) is 0 Å². The number of nitrogens with one attached hydrogen (secondary N) is 1. The molecular formula is C14H20N2O2. The number of hydrogen-bond donors (Lipinski definition) is 3. The van der Waals surface area contributed by atoms with Gasteiger partial charge >= 0.3 is 0 Å². The van der Waals surface area contributed by atoms with Gasteiger partial charge in [-0.2, -0.15) is 0 Å². The normalized spacial score (nSPS) is 17.4. The number of aliphatic hydroxyl groups excluding tert-OH is 2. The molecule has 98 valence electrons. The minimum absolute atomic E-state index is 0.211. The van der Waals surface area contributed by atoms with E-state index in [1.165, 1.54) is 5.57 Å².